The Balaban J connectivity index is 3.93. The number of Topliss-reactive ketones (excluding diaryl/α,β-unsaturated/α-hetero) is 1. The summed E-state index contributed by atoms with van der Waals surface area (Å²) < 4.78 is 25.2. The molecule has 0 N–H and O–H groups in total. The first-order valence-corrected chi connectivity index (χ1v) is 3.77. The fourth-order valence-corrected chi connectivity index (χ4v) is 0.736. The maximum Gasteiger partial charge on any atom is 0.248 e. The van der Waals surface area contributed by atoms with Gasteiger partial charge in [-0.25, -0.2) is 8.78 Å². The van der Waals surface area contributed by atoms with Crippen LogP contribution in [0, 0.1) is 5.92 Å². The van der Waals surface area contributed by atoms with Crippen LogP contribution in [0.2, 0.25) is 0 Å². The van der Waals surface area contributed by atoms with Crippen molar-refractivity contribution in [1.29, 1.82) is 0 Å². The van der Waals surface area contributed by atoms with Crippen molar-refractivity contribution >= 4 is 5.78 Å². The molecule has 11 heavy (non-hydrogen) atoms. The van der Waals surface area contributed by atoms with Gasteiger partial charge in [0, 0.05) is 18.8 Å². The molecule has 1 nitrogen and oxygen atoms in total. The van der Waals surface area contributed by atoms with Gasteiger partial charge in [-0.1, -0.05) is 13.8 Å². The van der Waals surface area contributed by atoms with E-state index in [-0.39, 0.29) is 18.6 Å². The van der Waals surface area contributed by atoms with Gasteiger partial charge in [0.15, 0.2) is 0 Å². The van der Waals surface area contributed by atoms with Crippen molar-refractivity contribution in [2.45, 2.75) is 39.5 Å². The normalized spacial score (nSPS) is 14.6. The van der Waals surface area contributed by atoms with Gasteiger partial charge in [-0.3, -0.25) is 4.79 Å². The monoisotopic (exact) mass is 164 g/mol. The molecule has 1 atom stereocenters. The highest BCUT2D eigenvalue weighted by atomic mass is 19.3. The van der Waals surface area contributed by atoms with Gasteiger partial charge in [-0.2, -0.15) is 0 Å². The van der Waals surface area contributed by atoms with Crippen molar-refractivity contribution in [2.24, 2.45) is 5.92 Å². The molecule has 0 aromatic rings. The summed E-state index contributed by atoms with van der Waals surface area (Å²) >= 11 is 0. The number of hydrogen-bond acceptors (Lipinski definition) is 1. The quantitative estimate of drug-likeness (QED) is 0.624. The summed E-state index contributed by atoms with van der Waals surface area (Å²) in [5.41, 5.74) is 0. The molecule has 0 aliphatic rings. The van der Waals surface area contributed by atoms with E-state index in [1.807, 2.05) is 0 Å². The van der Waals surface area contributed by atoms with Gasteiger partial charge in [-0.05, 0) is 6.92 Å². The van der Waals surface area contributed by atoms with E-state index < -0.39 is 11.8 Å². The average molecular weight is 164 g/mol. The number of ketones is 1. The van der Waals surface area contributed by atoms with Crippen LogP contribution < -0.4 is 0 Å². The van der Waals surface area contributed by atoms with Gasteiger partial charge >= 0.3 is 0 Å². The van der Waals surface area contributed by atoms with Crippen LogP contribution in [-0.4, -0.2) is 11.7 Å². The smallest absolute Gasteiger partial charge is 0.248 e. The number of rotatable bonds is 4. The topological polar surface area (TPSA) is 17.1 Å². The van der Waals surface area contributed by atoms with Crippen molar-refractivity contribution in [3.63, 3.8) is 0 Å². The Bertz CT molecular complexity index is 143. The van der Waals surface area contributed by atoms with Crippen LogP contribution in [0.5, 0.6) is 0 Å². The molecule has 0 amide bonds. The summed E-state index contributed by atoms with van der Waals surface area (Å²) in [6, 6.07) is 0. The molecule has 0 aromatic heterocycles. The minimum Gasteiger partial charge on any atom is -0.300 e. The van der Waals surface area contributed by atoms with Crippen LogP contribution in [-0.2, 0) is 4.79 Å². The van der Waals surface area contributed by atoms with Crippen LogP contribution >= 0.6 is 0 Å². The van der Waals surface area contributed by atoms with E-state index in [0.717, 1.165) is 0 Å². The summed E-state index contributed by atoms with van der Waals surface area (Å²) in [5.74, 6) is -3.37. The fraction of sp³-hybridized carbons (Fsp3) is 0.875. The van der Waals surface area contributed by atoms with E-state index in [1.165, 1.54) is 20.8 Å². The Morgan fingerprint density at radius 1 is 1.55 bits per heavy atom. The lowest BCUT2D eigenvalue weighted by Crippen LogP contribution is -2.21. The molecule has 0 saturated carbocycles. The Hall–Kier alpha value is -0.470. The molecule has 0 rings (SSSR count). The molecule has 0 heterocycles. The summed E-state index contributed by atoms with van der Waals surface area (Å²) in [7, 11) is 0. The van der Waals surface area contributed by atoms with E-state index in [4.69, 9.17) is 0 Å². The molecule has 1 unspecified atom stereocenters. The van der Waals surface area contributed by atoms with Crippen LogP contribution in [0.15, 0.2) is 0 Å². The predicted octanol–water partition coefficient (Wildman–Crippen LogP) is 2.65. The van der Waals surface area contributed by atoms with Crippen molar-refractivity contribution in [3.8, 4) is 0 Å². The Kier molecular flexibility index (Phi) is 3.63. The number of hydrogen-bond donors (Lipinski definition) is 0. The minimum absolute atomic E-state index is 0.168. The zero-order chi connectivity index (χ0) is 9.07. The van der Waals surface area contributed by atoms with Gasteiger partial charge in [0.25, 0.3) is 0 Å². The second-order valence-electron chi connectivity index (χ2n) is 2.93. The third-order valence-electron chi connectivity index (χ3n) is 1.82. The fourth-order valence-electron chi connectivity index (χ4n) is 0.736. The Morgan fingerprint density at radius 2 is 2.00 bits per heavy atom. The summed E-state index contributed by atoms with van der Waals surface area (Å²) in [5, 5.41) is 0. The highest BCUT2D eigenvalue weighted by molar-refractivity contribution is 5.77. The molecule has 0 saturated heterocycles. The molecule has 0 radical (unpaired) electrons. The number of alkyl halides is 2. The molecule has 0 spiro atoms. The summed E-state index contributed by atoms with van der Waals surface area (Å²) in [6.45, 7) is 4.30. The molecular formula is C8H14F2O. The van der Waals surface area contributed by atoms with Crippen molar-refractivity contribution in [1.82, 2.24) is 0 Å². The SMILES string of the molecule is CCC(F)(F)CC(C)C(C)=O. The number of carbonyl (C=O) groups excluding carboxylic acids is 1. The van der Waals surface area contributed by atoms with Gasteiger partial charge in [0.2, 0.25) is 5.92 Å². The maximum absolute atomic E-state index is 12.6. The van der Waals surface area contributed by atoms with E-state index in [9.17, 15) is 13.6 Å². The minimum atomic E-state index is -2.68. The molecule has 3 heteroatoms. The first-order valence-electron chi connectivity index (χ1n) is 3.77. The van der Waals surface area contributed by atoms with Crippen LogP contribution in [0.4, 0.5) is 8.78 Å². The van der Waals surface area contributed by atoms with E-state index >= 15 is 0 Å². The van der Waals surface area contributed by atoms with E-state index in [0.29, 0.717) is 0 Å². The molecule has 0 fully saturated rings. The lowest BCUT2D eigenvalue weighted by molar-refractivity contribution is -0.123. The Labute approximate surface area is 65.8 Å². The third kappa shape index (κ3) is 4.06. The average Bonchev–Trinajstić information content (AvgIpc) is 1.87. The second-order valence-corrected chi connectivity index (χ2v) is 2.93. The highest BCUT2D eigenvalue weighted by Crippen LogP contribution is 2.26. The molecule has 66 valence electrons. The van der Waals surface area contributed by atoms with Crippen LogP contribution in [0.25, 0.3) is 0 Å². The molecule has 0 aliphatic carbocycles. The van der Waals surface area contributed by atoms with Crippen molar-refractivity contribution in [3.05, 3.63) is 0 Å². The molecule has 0 bridgehead atoms. The van der Waals surface area contributed by atoms with Gasteiger partial charge in [0.1, 0.15) is 5.78 Å². The zero-order valence-corrected chi connectivity index (χ0v) is 7.16. The van der Waals surface area contributed by atoms with E-state index in [2.05, 4.69) is 0 Å². The van der Waals surface area contributed by atoms with Gasteiger partial charge in [-0.15, -0.1) is 0 Å². The number of carbonyl (C=O) groups is 1. The molecular weight excluding hydrogens is 150 g/mol. The maximum atomic E-state index is 12.6. The second kappa shape index (κ2) is 3.79. The predicted molar refractivity (Wildman–Crippen MR) is 39.7 cm³/mol. The lowest BCUT2D eigenvalue weighted by atomic mass is 9.98. The first-order chi connectivity index (χ1) is 4.89. The van der Waals surface area contributed by atoms with Gasteiger partial charge < -0.3 is 0 Å². The highest BCUT2D eigenvalue weighted by Gasteiger charge is 2.29. The van der Waals surface area contributed by atoms with E-state index in [1.54, 1.807) is 0 Å². The standard InChI is InChI=1S/C8H14F2O/c1-4-8(9,10)5-6(2)7(3)11/h6H,4-5H2,1-3H3. The molecule has 0 aromatic carbocycles. The zero-order valence-electron chi connectivity index (χ0n) is 7.16. The van der Waals surface area contributed by atoms with Gasteiger partial charge in [0.05, 0.1) is 0 Å². The molecule has 0 aliphatic heterocycles. The lowest BCUT2D eigenvalue weighted by Gasteiger charge is -2.16. The van der Waals surface area contributed by atoms with Crippen molar-refractivity contribution in [2.75, 3.05) is 0 Å². The summed E-state index contributed by atoms with van der Waals surface area (Å²) in [6.07, 6.45) is -0.510. The van der Waals surface area contributed by atoms with Crippen LogP contribution in [0.3, 0.4) is 0 Å². The Morgan fingerprint density at radius 3 is 2.27 bits per heavy atom. The third-order valence-corrected chi connectivity index (χ3v) is 1.82. The van der Waals surface area contributed by atoms with Crippen LogP contribution in [0.1, 0.15) is 33.6 Å². The largest absolute Gasteiger partial charge is 0.300 e. The summed E-state index contributed by atoms with van der Waals surface area (Å²) in [4.78, 5) is 10.6. The number of halogens is 2. The first kappa shape index (κ1) is 10.5. The van der Waals surface area contributed by atoms with Crippen molar-refractivity contribution < 1.29 is 13.6 Å².